The van der Waals surface area contributed by atoms with E-state index in [9.17, 15) is 5.11 Å². The average molecular weight is 351 g/mol. The highest BCUT2D eigenvalue weighted by molar-refractivity contribution is 8.17. The third-order valence-electron chi connectivity index (χ3n) is 4.19. The number of benzene rings is 2. The predicted octanol–water partition coefficient (Wildman–Crippen LogP) is 3.74. The van der Waals surface area contributed by atoms with Crippen LogP contribution in [0.3, 0.4) is 0 Å². The molecule has 4 rings (SSSR count). The molecule has 0 amide bonds. The van der Waals surface area contributed by atoms with Gasteiger partial charge in [0, 0.05) is 16.7 Å². The Balaban J connectivity index is 1.53. The van der Waals surface area contributed by atoms with Crippen LogP contribution in [0.1, 0.15) is 23.1 Å². The normalized spacial score (nSPS) is 16.1. The third-order valence-corrected chi connectivity index (χ3v) is 5.23. The van der Waals surface area contributed by atoms with E-state index in [-0.39, 0.29) is 5.75 Å². The highest BCUT2D eigenvalue weighted by Crippen LogP contribution is 2.38. The van der Waals surface area contributed by atoms with Crippen molar-refractivity contribution in [1.29, 1.82) is 0 Å². The van der Waals surface area contributed by atoms with Crippen molar-refractivity contribution in [3.05, 3.63) is 64.1 Å². The van der Waals surface area contributed by atoms with Gasteiger partial charge in [0.25, 0.3) is 0 Å². The van der Waals surface area contributed by atoms with Gasteiger partial charge in [-0.05, 0) is 42.2 Å². The number of allylic oxidation sites excluding steroid dienone is 1. The van der Waals surface area contributed by atoms with Crippen LogP contribution >= 0.6 is 11.8 Å². The lowest BCUT2D eigenvalue weighted by atomic mass is 9.95. The highest BCUT2D eigenvalue weighted by atomic mass is 32.2. The first-order valence-corrected chi connectivity index (χ1v) is 8.80. The Kier molecular flexibility index (Phi) is 4.19. The topological polar surface area (TPSA) is 66.2 Å². The first-order chi connectivity index (χ1) is 12.2. The molecule has 2 aromatic carbocycles. The van der Waals surface area contributed by atoms with E-state index >= 15 is 0 Å². The second kappa shape index (κ2) is 6.64. The van der Waals surface area contributed by atoms with E-state index in [1.807, 2.05) is 0 Å². The van der Waals surface area contributed by atoms with Crippen molar-refractivity contribution in [3.63, 3.8) is 0 Å². The molecule has 1 aliphatic heterocycles. The lowest BCUT2D eigenvalue weighted by molar-refractivity contribution is 0.373. The van der Waals surface area contributed by atoms with Gasteiger partial charge in [0.2, 0.25) is 5.17 Å². The number of nitrogens with one attached hydrogen (secondary N) is 1. The Morgan fingerprint density at radius 3 is 3.00 bits per heavy atom. The highest BCUT2D eigenvalue weighted by Gasteiger charge is 2.23. The molecule has 2 N–H and O–H groups in total. The summed E-state index contributed by atoms with van der Waals surface area (Å²) in [6, 6.07) is 13.5. The molecule has 0 unspecified atom stereocenters. The number of fused-ring (bicyclic) bond motifs is 2. The fraction of sp³-hybridized carbons (Fsp3) is 0.158. The number of aliphatic imine (C=N–C) groups is 1. The van der Waals surface area contributed by atoms with E-state index in [0.717, 1.165) is 24.1 Å². The Bertz CT molecular complexity index is 919. The number of hydrogen-bond donors (Lipinski definition) is 2. The van der Waals surface area contributed by atoms with Gasteiger partial charge in [-0.15, -0.1) is 5.10 Å². The number of aryl methyl sites for hydroxylation is 1. The molecule has 1 heterocycles. The number of phenolic OH excluding ortho intramolecular Hbond substituents is 1. The van der Waals surface area contributed by atoms with Crippen molar-refractivity contribution in [1.82, 2.24) is 5.43 Å². The molecule has 2 aliphatic rings. The smallest absolute Gasteiger partial charge is 0.211 e. The number of rotatable bonds is 2. The molecule has 5 nitrogen and oxygen atoms in total. The van der Waals surface area contributed by atoms with Crippen LogP contribution in [0.25, 0.3) is 5.70 Å². The number of ether oxygens (including phenoxy) is 1. The minimum Gasteiger partial charge on any atom is -0.504 e. The van der Waals surface area contributed by atoms with Crippen LogP contribution in [0.2, 0.25) is 0 Å². The van der Waals surface area contributed by atoms with Gasteiger partial charge >= 0.3 is 0 Å². The van der Waals surface area contributed by atoms with Crippen molar-refractivity contribution in [2.75, 3.05) is 7.11 Å². The summed E-state index contributed by atoms with van der Waals surface area (Å²) in [7, 11) is 1.52. The van der Waals surface area contributed by atoms with Crippen molar-refractivity contribution in [2.24, 2.45) is 10.1 Å². The standard InChI is InChI=1S/C19H17N3O2S/c1-24-16-10-12(6-8-15(16)23)11-20-19-22-21-18-14-5-3-2-4-13(14)7-9-17(18)25-19/h2-6,8,10-11,21,23H,7,9H2,1H3/b20-11+. The van der Waals surface area contributed by atoms with Crippen LogP contribution in [-0.4, -0.2) is 23.6 Å². The summed E-state index contributed by atoms with van der Waals surface area (Å²) in [6.07, 6.45) is 3.75. The van der Waals surface area contributed by atoms with Crippen molar-refractivity contribution in [3.8, 4) is 11.5 Å². The monoisotopic (exact) mass is 351 g/mol. The number of nitrogens with zero attached hydrogens (tertiary/aromatic N) is 2. The average Bonchev–Trinajstić information content (AvgIpc) is 2.67. The molecule has 0 saturated heterocycles. The number of phenols is 1. The molecule has 2 aromatic rings. The maximum absolute atomic E-state index is 9.65. The predicted molar refractivity (Wildman–Crippen MR) is 102 cm³/mol. The third kappa shape index (κ3) is 3.13. The molecule has 0 radical (unpaired) electrons. The summed E-state index contributed by atoms with van der Waals surface area (Å²) in [5.74, 6) is 0.538. The largest absolute Gasteiger partial charge is 0.504 e. The Hall–Kier alpha value is -2.73. The van der Waals surface area contributed by atoms with Gasteiger partial charge in [0.1, 0.15) is 0 Å². The van der Waals surface area contributed by atoms with Crippen molar-refractivity contribution >= 4 is 28.8 Å². The van der Waals surface area contributed by atoms with Gasteiger partial charge < -0.3 is 9.84 Å². The summed E-state index contributed by atoms with van der Waals surface area (Å²) in [4.78, 5) is 5.73. The van der Waals surface area contributed by atoms with E-state index in [1.54, 1.807) is 36.2 Å². The summed E-state index contributed by atoms with van der Waals surface area (Å²) < 4.78 is 5.11. The molecule has 126 valence electrons. The SMILES string of the molecule is COc1cc(/C=N/C2=NNC3=C(CCc4ccccc43)S2)ccc1O. The van der Waals surface area contributed by atoms with Gasteiger partial charge in [-0.1, -0.05) is 36.0 Å². The zero-order valence-electron chi connectivity index (χ0n) is 13.7. The van der Waals surface area contributed by atoms with E-state index < -0.39 is 0 Å². The molecule has 0 saturated carbocycles. The Morgan fingerprint density at radius 1 is 1.24 bits per heavy atom. The molecule has 0 aromatic heterocycles. The van der Waals surface area contributed by atoms with Crippen LogP contribution in [-0.2, 0) is 6.42 Å². The zero-order chi connectivity index (χ0) is 17.2. The number of hydrazone groups is 1. The first kappa shape index (κ1) is 15.8. The Morgan fingerprint density at radius 2 is 2.12 bits per heavy atom. The number of thioether (sulfide) groups is 1. The van der Waals surface area contributed by atoms with Crippen LogP contribution in [0.15, 0.2) is 57.5 Å². The van der Waals surface area contributed by atoms with Crippen molar-refractivity contribution < 1.29 is 9.84 Å². The van der Waals surface area contributed by atoms with E-state index in [1.165, 1.54) is 23.1 Å². The molecule has 25 heavy (non-hydrogen) atoms. The number of amidine groups is 1. The quantitative estimate of drug-likeness (QED) is 0.809. The minimum atomic E-state index is 0.112. The number of hydrogen-bond acceptors (Lipinski definition) is 6. The first-order valence-electron chi connectivity index (χ1n) is 7.98. The van der Waals surface area contributed by atoms with Gasteiger partial charge in [-0.2, -0.15) is 0 Å². The maximum atomic E-state index is 9.65. The minimum absolute atomic E-state index is 0.112. The molecule has 0 fully saturated rings. The maximum Gasteiger partial charge on any atom is 0.211 e. The molecule has 0 atom stereocenters. The summed E-state index contributed by atoms with van der Waals surface area (Å²) in [5, 5.41) is 14.7. The fourth-order valence-corrected chi connectivity index (χ4v) is 3.81. The molecule has 0 spiro atoms. The van der Waals surface area contributed by atoms with Crippen molar-refractivity contribution in [2.45, 2.75) is 12.8 Å². The van der Waals surface area contributed by atoms with Crippen LogP contribution in [0, 0.1) is 0 Å². The van der Waals surface area contributed by atoms with E-state index in [4.69, 9.17) is 4.74 Å². The zero-order valence-corrected chi connectivity index (χ0v) is 14.5. The molecule has 0 bridgehead atoms. The molecule has 1 aliphatic carbocycles. The summed E-state index contributed by atoms with van der Waals surface area (Å²) >= 11 is 1.60. The lowest BCUT2D eigenvalue weighted by Gasteiger charge is -2.25. The second-order valence-corrected chi connectivity index (χ2v) is 6.82. The second-order valence-electron chi connectivity index (χ2n) is 5.75. The molecular weight excluding hydrogens is 334 g/mol. The fourth-order valence-electron chi connectivity index (χ4n) is 2.93. The van der Waals surface area contributed by atoms with Crippen LogP contribution in [0.4, 0.5) is 0 Å². The number of aromatic hydroxyl groups is 1. The van der Waals surface area contributed by atoms with Gasteiger partial charge in [-0.3, -0.25) is 5.43 Å². The lowest BCUT2D eigenvalue weighted by Crippen LogP contribution is -2.18. The van der Waals surface area contributed by atoms with E-state index in [2.05, 4.69) is 39.8 Å². The summed E-state index contributed by atoms with van der Waals surface area (Å²) in [5.41, 5.74) is 7.68. The number of methoxy groups -OCH3 is 1. The van der Waals surface area contributed by atoms with Gasteiger partial charge in [0.05, 0.1) is 12.8 Å². The van der Waals surface area contributed by atoms with E-state index in [0.29, 0.717) is 10.9 Å². The Labute approximate surface area is 150 Å². The summed E-state index contributed by atoms with van der Waals surface area (Å²) in [6.45, 7) is 0. The van der Waals surface area contributed by atoms with Gasteiger partial charge in [-0.25, -0.2) is 4.99 Å². The molecular formula is C19H17N3O2S. The van der Waals surface area contributed by atoms with Gasteiger partial charge in [0.15, 0.2) is 11.5 Å². The van der Waals surface area contributed by atoms with Crippen LogP contribution in [0.5, 0.6) is 11.5 Å². The van der Waals surface area contributed by atoms with Crippen LogP contribution < -0.4 is 10.2 Å². The molecule has 6 heteroatoms.